The number of para-hydroxylation sites is 1. The van der Waals surface area contributed by atoms with Gasteiger partial charge in [0, 0.05) is 16.5 Å². The number of methoxy groups -OCH3 is 1. The SMILES string of the molecule is COc1cc(C(C)=O)ccc1OCC(=O)NNC(=O)c1cc(-c2ccc(C)cc2)nc2ccccc12. The summed E-state index contributed by atoms with van der Waals surface area (Å²) in [7, 11) is 1.44. The molecule has 1 heterocycles. The van der Waals surface area contributed by atoms with Crippen LogP contribution < -0.4 is 20.3 Å². The van der Waals surface area contributed by atoms with Gasteiger partial charge < -0.3 is 9.47 Å². The van der Waals surface area contributed by atoms with Gasteiger partial charge >= 0.3 is 0 Å². The first-order valence-electron chi connectivity index (χ1n) is 11.2. The third kappa shape index (κ3) is 5.50. The zero-order valence-electron chi connectivity index (χ0n) is 20.1. The molecular formula is C28H25N3O5. The van der Waals surface area contributed by atoms with Crippen molar-refractivity contribution >= 4 is 28.5 Å². The fraction of sp³-hybridized carbons (Fsp3) is 0.143. The molecule has 1 aromatic heterocycles. The summed E-state index contributed by atoms with van der Waals surface area (Å²) in [5.41, 5.74) is 8.96. The van der Waals surface area contributed by atoms with Gasteiger partial charge in [-0.3, -0.25) is 25.2 Å². The summed E-state index contributed by atoms with van der Waals surface area (Å²) in [5, 5.41) is 0.659. The Bertz CT molecular complexity index is 1450. The predicted molar refractivity (Wildman–Crippen MR) is 136 cm³/mol. The molecule has 0 bridgehead atoms. The third-order valence-corrected chi connectivity index (χ3v) is 5.55. The summed E-state index contributed by atoms with van der Waals surface area (Å²) in [6.45, 7) is 3.07. The second kappa shape index (κ2) is 10.7. The molecule has 36 heavy (non-hydrogen) atoms. The molecule has 0 atom stereocenters. The van der Waals surface area contributed by atoms with Gasteiger partial charge in [0.05, 0.1) is 23.9 Å². The van der Waals surface area contributed by atoms with Crippen LogP contribution in [0.5, 0.6) is 11.5 Å². The monoisotopic (exact) mass is 483 g/mol. The van der Waals surface area contributed by atoms with E-state index in [4.69, 9.17) is 9.47 Å². The summed E-state index contributed by atoms with van der Waals surface area (Å²) in [4.78, 5) is 41.6. The van der Waals surface area contributed by atoms with Gasteiger partial charge in [0.15, 0.2) is 23.9 Å². The number of amides is 2. The number of aromatic nitrogens is 1. The van der Waals surface area contributed by atoms with Crippen LogP contribution in [0.1, 0.15) is 33.2 Å². The van der Waals surface area contributed by atoms with Gasteiger partial charge in [0.25, 0.3) is 11.8 Å². The molecule has 2 amide bonds. The van der Waals surface area contributed by atoms with E-state index in [0.29, 0.717) is 39.2 Å². The van der Waals surface area contributed by atoms with Crippen LogP contribution in [0.25, 0.3) is 22.2 Å². The lowest BCUT2D eigenvalue weighted by atomic mass is 10.0. The predicted octanol–water partition coefficient (Wildman–Crippen LogP) is 4.26. The average molecular weight is 484 g/mol. The highest BCUT2D eigenvalue weighted by Crippen LogP contribution is 2.28. The first kappa shape index (κ1) is 24.4. The zero-order valence-corrected chi connectivity index (χ0v) is 20.1. The molecule has 182 valence electrons. The fourth-order valence-corrected chi connectivity index (χ4v) is 3.61. The van der Waals surface area contributed by atoms with Crippen molar-refractivity contribution in [1.82, 2.24) is 15.8 Å². The number of nitrogens with one attached hydrogen (secondary N) is 2. The van der Waals surface area contributed by atoms with E-state index in [-0.39, 0.29) is 12.4 Å². The minimum atomic E-state index is -0.571. The standard InChI is InChI=1S/C28H25N3O5/c1-17-8-10-19(11-9-17)24-15-22(21-6-4-5-7-23(21)29-24)28(34)31-30-27(33)16-36-25-13-12-20(18(2)32)14-26(25)35-3/h4-15H,16H2,1-3H3,(H,30,33)(H,31,34). The number of ketones is 1. The molecule has 8 nitrogen and oxygen atoms in total. The Morgan fingerprint density at radius 1 is 0.889 bits per heavy atom. The van der Waals surface area contributed by atoms with Crippen LogP contribution in [0.3, 0.4) is 0 Å². The van der Waals surface area contributed by atoms with E-state index in [9.17, 15) is 14.4 Å². The Balaban J connectivity index is 1.46. The minimum Gasteiger partial charge on any atom is -0.493 e. The van der Waals surface area contributed by atoms with E-state index < -0.39 is 11.8 Å². The number of hydrogen-bond acceptors (Lipinski definition) is 6. The molecular weight excluding hydrogens is 458 g/mol. The molecule has 0 aliphatic rings. The molecule has 0 radical (unpaired) electrons. The summed E-state index contributed by atoms with van der Waals surface area (Å²) in [5.74, 6) is -0.551. The lowest BCUT2D eigenvalue weighted by molar-refractivity contribution is -0.123. The summed E-state index contributed by atoms with van der Waals surface area (Å²) in [6.07, 6.45) is 0. The van der Waals surface area contributed by atoms with Gasteiger partial charge in [-0.1, -0.05) is 48.0 Å². The average Bonchev–Trinajstić information content (AvgIpc) is 2.90. The number of carbonyl (C=O) groups is 3. The van der Waals surface area contributed by atoms with Crippen molar-refractivity contribution in [2.75, 3.05) is 13.7 Å². The molecule has 0 aliphatic carbocycles. The summed E-state index contributed by atoms with van der Waals surface area (Å²) < 4.78 is 10.7. The number of hydrazine groups is 1. The van der Waals surface area contributed by atoms with E-state index in [1.807, 2.05) is 49.4 Å². The molecule has 0 unspecified atom stereocenters. The molecule has 0 saturated carbocycles. The van der Waals surface area contributed by atoms with E-state index in [0.717, 1.165) is 11.1 Å². The van der Waals surface area contributed by atoms with Crippen molar-refractivity contribution in [1.29, 1.82) is 0 Å². The van der Waals surface area contributed by atoms with Gasteiger partial charge in [0.2, 0.25) is 0 Å². The third-order valence-electron chi connectivity index (χ3n) is 5.55. The molecule has 4 rings (SSSR count). The van der Waals surface area contributed by atoms with Crippen LogP contribution >= 0.6 is 0 Å². The number of ether oxygens (including phenoxy) is 2. The summed E-state index contributed by atoms with van der Waals surface area (Å²) in [6, 6.07) is 21.6. The normalized spacial score (nSPS) is 10.5. The highest BCUT2D eigenvalue weighted by atomic mass is 16.5. The van der Waals surface area contributed by atoms with Crippen molar-refractivity contribution in [3.8, 4) is 22.8 Å². The van der Waals surface area contributed by atoms with Crippen molar-refractivity contribution in [3.05, 3.63) is 89.5 Å². The van der Waals surface area contributed by atoms with Crippen molar-refractivity contribution in [2.45, 2.75) is 13.8 Å². The topological polar surface area (TPSA) is 107 Å². The van der Waals surface area contributed by atoms with E-state index in [1.165, 1.54) is 20.1 Å². The van der Waals surface area contributed by atoms with Crippen LogP contribution in [0.4, 0.5) is 0 Å². The van der Waals surface area contributed by atoms with Gasteiger partial charge in [-0.05, 0) is 44.2 Å². The number of fused-ring (bicyclic) bond motifs is 1. The number of pyridine rings is 1. The van der Waals surface area contributed by atoms with Gasteiger partial charge in [-0.15, -0.1) is 0 Å². The highest BCUT2D eigenvalue weighted by molar-refractivity contribution is 6.07. The number of Topliss-reactive ketones (excluding diaryl/α,β-unsaturated/α-hetero) is 1. The maximum Gasteiger partial charge on any atom is 0.276 e. The van der Waals surface area contributed by atoms with Gasteiger partial charge in [0.1, 0.15) is 0 Å². The zero-order chi connectivity index (χ0) is 25.7. The van der Waals surface area contributed by atoms with Crippen molar-refractivity contribution < 1.29 is 23.9 Å². The molecule has 2 N–H and O–H groups in total. The number of hydrogen-bond donors (Lipinski definition) is 2. The van der Waals surface area contributed by atoms with Crippen LogP contribution in [0.15, 0.2) is 72.8 Å². The number of nitrogens with zero attached hydrogens (tertiary/aromatic N) is 1. The maximum atomic E-state index is 13.0. The van der Waals surface area contributed by atoms with Crippen LogP contribution in [-0.4, -0.2) is 36.3 Å². The van der Waals surface area contributed by atoms with Crippen LogP contribution in [0, 0.1) is 6.92 Å². The van der Waals surface area contributed by atoms with E-state index in [1.54, 1.807) is 24.3 Å². The van der Waals surface area contributed by atoms with E-state index in [2.05, 4.69) is 15.8 Å². The van der Waals surface area contributed by atoms with Crippen LogP contribution in [0.2, 0.25) is 0 Å². The Hall–Kier alpha value is -4.72. The number of carbonyl (C=O) groups excluding carboxylic acids is 3. The Labute approximate surface area is 208 Å². The van der Waals surface area contributed by atoms with Crippen molar-refractivity contribution in [3.63, 3.8) is 0 Å². The molecule has 4 aromatic rings. The Morgan fingerprint density at radius 3 is 2.36 bits per heavy atom. The van der Waals surface area contributed by atoms with Gasteiger partial charge in [-0.2, -0.15) is 0 Å². The second-order valence-corrected chi connectivity index (χ2v) is 8.15. The largest absolute Gasteiger partial charge is 0.493 e. The lowest BCUT2D eigenvalue weighted by Gasteiger charge is -2.13. The number of benzene rings is 3. The molecule has 0 saturated heterocycles. The maximum absolute atomic E-state index is 13.0. The van der Waals surface area contributed by atoms with Crippen molar-refractivity contribution in [2.24, 2.45) is 0 Å². The van der Waals surface area contributed by atoms with E-state index >= 15 is 0 Å². The highest BCUT2D eigenvalue weighted by Gasteiger charge is 2.16. The lowest BCUT2D eigenvalue weighted by Crippen LogP contribution is -2.43. The Kier molecular flexibility index (Phi) is 7.25. The number of aryl methyl sites for hydroxylation is 1. The molecule has 0 spiro atoms. The molecule has 0 aliphatic heterocycles. The first-order valence-corrected chi connectivity index (χ1v) is 11.2. The smallest absolute Gasteiger partial charge is 0.276 e. The quantitative estimate of drug-likeness (QED) is 0.301. The minimum absolute atomic E-state index is 0.116. The molecule has 8 heteroatoms. The van der Waals surface area contributed by atoms with Gasteiger partial charge in [-0.25, -0.2) is 4.98 Å². The molecule has 3 aromatic carbocycles. The van der Waals surface area contributed by atoms with Crippen LogP contribution in [-0.2, 0) is 4.79 Å². The molecule has 0 fully saturated rings. The first-order chi connectivity index (χ1) is 17.4. The second-order valence-electron chi connectivity index (χ2n) is 8.15. The Morgan fingerprint density at radius 2 is 1.64 bits per heavy atom. The summed E-state index contributed by atoms with van der Waals surface area (Å²) >= 11 is 0. The fourth-order valence-electron chi connectivity index (χ4n) is 3.61. The number of rotatable bonds is 7.